The average Bonchev–Trinajstić information content (AvgIpc) is 2.82. The highest BCUT2D eigenvalue weighted by molar-refractivity contribution is 5.93. The van der Waals surface area contributed by atoms with E-state index in [1.165, 1.54) is 0 Å². The first kappa shape index (κ1) is 14.5. The smallest absolute Gasteiger partial charge is 0.224 e. The van der Waals surface area contributed by atoms with Crippen molar-refractivity contribution in [2.45, 2.75) is 32.7 Å². The van der Waals surface area contributed by atoms with E-state index in [2.05, 4.69) is 29.6 Å². The maximum atomic E-state index is 11.8. The van der Waals surface area contributed by atoms with Crippen LogP contribution in [0.3, 0.4) is 0 Å². The Morgan fingerprint density at radius 2 is 2.20 bits per heavy atom. The van der Waals surface area contributed by atoms with Gasteiger partial charge in [-0.25, -0.2) is 0 Å². The summed E-state index contributed by atoms with van der Waals surface area (Å²) in [6, 6.07) is 6.20. The summed E-state index contributed by atoms with van der Waals surface area (Å²) in [5.74, 6) is 0.0511. The number of nitrogens with one attached hydrogen (secondary N) is 2. The summed E-state index contributed by atoms with van der Waals surface area (Å²) >= 11 is 0. The van der Waals surface area contributed by atoms with Crippen LogP contribution in [0.4, 0.5) is 5.69 Å². The van der Waals surface area contributed by atoms with Gasteiger partial charge >= 0.3 is 0 Å². The summed E-state index contributed by atoms with van der Waals surface area (Å²) < 4.78 is 1.96. The Kier molecular flexibility index (Phi) is 4.74. The molecule has 1 aromatic heterocycles. The zero-order valence-corrected chi connectivity index (χ0v) is 12.3. The lowest BCUT2D eigenvalue weighted by Crippen LogP contribution is -2.15. The third-order valence-corrected chi connectivity index (χ3v) is 3.20. The van der Waals surface area contributed by atoms with Crippen molar-refractivity contribution in [3.63, 3.8) is 0 Å². The fourth-order valence-corrected chi connectivity index (χ4v) is 2.18. The molecule has 0 spiro atoms. The molecule has 0 saturated carbocycles. The molecule has 0 saturated heterocycles. The lowest BCUT2D eigenvalue weighted by Gasteiger charge is -2.09. The average molecular weight is 274 g/mol. The van der Waals surface area contributed by atoms with Crippen LogP contribution in [0.1, 0.15) is 32.7 Å². The van der Waals surface area contributed by atoms with E-state index in [1.807, 2.05) is 36.1 Å². The molecule has 0 aliphatic carbocycles. The number of hydrogen-bond acceptors (Lipinski definition) is 3. The minimum atomic E-state index is 0.0511. The molecule has 2 N–H and O–H groups in total. The van der Waals surface area contributed by atoms with E-state index in [1.54, 1.807) is 0 Å². The molecule has 5 heteroatoms. The molecule has 0 atom stereocenters. The molecular weight excluding hydrogens is 252 g/mol. The van der Waals surface area contributed by atoms with Crippen molar-refractivity contribution in [1.82, 2.24) is 15.1 Å². The zero-order valence-electron chi connectivity index (χ0n) is 12.3. The Morgan fingerprint density at radius 3 is 2.90 bits per heavy atom. The maximum Gasteiger partial charge on any atom is 0.224 e. The van der Waals surface area contributed by atoms with Gasteiger partial charge in [0, 0.05) is 23.5 Å². The number of amides is 1. The van der Waals surface area contributed by atoms with Crippen molar-refractivity contribution in [3.8, 4) is 0 Å². The van der Waals surface area contributed by atoms with Gasteiger partial charge in [-0.05, 0) is 52.1 Å². The van der Waals surface area contributed by atoms with Gasteiger partial charge in [-0.3, -0.25) is 9.48 Å². The molecule has 1 amide bonds. The van der Waals surface area contributed by atoms with Crippen LogP contribution in [0.25, 0.3) is 10.9 Å². The topological polar surface area (TPSA) is 59.0 Å². The largest absolute Gasteiger partial charge is 0.326 e. The highest BCUT2D eigenvalue weighted by atomic mass is 16.1. The van der Waals surface area contributed by atoms with E-state index >= 15 is 0 Å². The number of fused-ring (bicyclic) bond motifs is 1. The maximum absolute atomic E-state index is 11.8. The van der Waals surface area contributed by atoms with Crippen molar-refractivity contribution in [2.24, 2.45) is 0 Å². The second-order valence-corrected chi connectivity index (χ2v) is 5.21. The fraction of sp³-hybridized carbons (Fsp3) is 0.467. The Morgan fingerprint density at radius 1 is 1.40 bits per heavy atom. The standard InChI is InChI=1S/C15H22N4O/c1-11(2)19-14-9-13(7-6-12(14)10-17-19)18-15(20)5-4-8-16-3/h6-7,9-11,16H,4-5,8H2,1-3H3,(H,18,20). The van der Waals surface area contributed by atoms with Crippen LogP contribution in [0, 0.1) is 0 Å². The van der Waals surface area contributed by atoms with Crippen molar-refractivity contribution >= 4 is 22.5 Å². The number of nitrogens with zero attached hydrogens (tertiary/aromatic N) is 2. The van der Waals surface area contributed by atoms with Crippen molar-refractivity contribution in [1.29, 1.82) is 0 Å². The van der Waals surface area contributed by atoms with Crippen LogP contribution >= 0.6 is 0 Å². The van der Waals surface area contributed by atoms with Crippen LogP contribution in [0.15, 0.2) is 24.4 Å². The Balaban J connectivity index is 2.10. The van der Waals surface area contributed by atoms with Crippen LogP contribution in [0.5, 0.6) is 0 Å². The number of aromatic nitrogens is 2. The molecule has 108 valence electrons. The molecule has 0 radical (unpaired) electrons. The second-order valence-electron chi connectivity index (χ2n) is 5.21. The first-order valence-electron chi connectivity index (χ1n) is 7.03. The van der Waals surface area contributed by atoms with E-state index in [0.29, 0.717) is 12.5 Å². The predicted molar refractivity (Wildman–Crippen MR) is 81.9 cm³/mol. The number of carbonyl (C=O) groups is 1. The van der Waals surface area contributed by atoms with Gasteiger partial charge in [0.25, 0.3) is 0 Å². The monoisotopic (exact) mass is 274 g/mol. The lowest BCUT2D eigenvalue weighted by molar-refractivity contribution is -0.116. The molecule has 20 heavy (non-hydrogen) atoms. The summed E-state index contributed by atoms with van der Waals surface area (Å²) in [5.41, 5.74) is 1.88. The minimum absolute atomic E-state index is 0.0511. The van der Waals surface area contributed by atoms with E-state index in [0.717, 1.165) is 29.6 Å². The third-order valence-electron chi connectivity index (χ3n) is 3.20. The summed E-state index contributed by atoms with van der Waals surface area (Å²) in [4.78, 5) is 11.8. The van der Waals surface area contributed by atoms with Crippen LogP contribution < -0.4 is 10.6 Å². The van der Waals surface area contributed by atoms with Gasteiger partial charge < -0.3 is 10.6 Å². The molecular formula is C15H22N4O. The predicted octanol–water partition coefficient (Wildman–Crippen LogP) is 2.56. The number of rotatable bonds is 6. The van der Waals surface area contributed by atoms with Gasteiger partial charge in [0.2, 0.25) is 5.91 Å². The lowest BCUT2D eigenvalue weighted by atomic mass is 10.2. The van der Waals surface area contributed by atoms with Gasteiger partial charge in [-0.1, -0.05) is 0 Å². The summed E-state index contributed by atoms with van der Waals surface area (Å²) in [7, 11) is 1.89. The SMILES string of the molecule is CNCCCC(=O)Nc1ccc2cnn(C(C)C)c2c1. The third kappa shape index (κ3) is 3.36. The Bertz CT molecular complexity index is 589. The molecule has 0 aliphatic heterocycles. The first-order valence-corrected chi connectivity index (χ1v) is 7.03. The number of benzene rings is 1. The number of anilines is 1. The van der Waals surface area contributed by atoms with Gasteiger partial charge in [0.05, 0.1) is 11.7 Å². The fourth-order valence-electron chi connectivity index (χ4n) is 2.18. The van der Waals surface area contributed by atoms with E-state index < -0.39 is 0 Å². The van der Waals surface area contributed by atoms with Gasteiger partial charge in [-0.2, -0.15) is 5.10 Å². The highest BCUT2D eigenvalue weighted by Gasteiger charge is 2.08. The summed E-state index contributed by atoms with van der Waals surface area (Å²) in [6.07, 6.45) is 3.23. The highest BCUT2D eigenvalue weighted by Crippen LogP contribution is 2.21. The van der Waals surface area contributed by atoms with Crippen molar-refractivity contribution in [2.75, 3.05) is 18.9 Å². The molecule has 0 aliphatic rings. The van der Waals surface area contributed by atoms with Gasteiger partial charge in [0.1, 0.15) is 0 Å². The summed E-state index contributed by atoms with van der Waals surface area (Å²) in [5, 5.41) is 11.4. The molecule has 5 nitrogen and oxygen atoms in total. The molecule has 1 aromatic carbocycles. The zero-order chi connectivity index (χ0) is 14.5. The molecule has 1 heterocycles. The molecule has 2 rings (SSSR count). The van der Waals surface area contributed by atoms with Gasteiger partial charge in [-0.15, -0.1) is 0 Å². The van der Waals surface area contributed by atoms with E-state index in [9.17, 15) is 4.79 Å². The van der Waals surface area contributed by atoms with E-state index in [-0.39, 0.29) is 5.91 Å². The normalized spacial score (nSPS) is 11.2. The van der Waals surface area contributed by atoms with Crippen molar-refractivity contribution < 1.29 is 4.79 Å². The summed E-state index contributed by atoms with van der Waals surface area (Å²) in [6.45, 7) is 5.04. The molecule has 0 fully saturated rings. The van der Waals surface area contributed by atoms with Crippen molar-refractivity contribution in [3.05, 3.63) is 24.4 Å². The van der Waals surface area contributed by atoms with E-state index in [4.69, 9.17) is 0 Å². The number of carbonyl (C=O) groups excluding carboxylic acids is 1. The van der Waals surface area contributed by atoms with Gasteiger partial charge in [0.15, 0.2) is 0 Å². The molecule has 0 bridgehead atoms. The minimum Gasteiger partial charge on any atom is -0.326 e. The first-order chi connectivity index (χ1) is 9.61. The molecule has 0 unspecified atom stereocenters. The Hall–Kier alpha value is -1.88. The second kappa shape index (κ2) is 6.52. The quantitative estimate of drug-likeness (QED) is 0.796. The number of hydrogen-bond donors (Lipinski definition) is 2. The molecule has 2 aromatic rings. The Labute approximate surface area is 119 Å². The van der Waals surface area contributed by atoms with Crippen LogP contribution in [0.2, 0.25) is 0 Å². The van der Waals surface area contributed by atoms with Crippen LogP contribution in [-0.4, -0.2) is 29.3 Å². The van der Waals surface area contributed by atoms with Crippen LogP contribution in [-0.2, 0) is 4.79 Å².